The van der Waals surface area contributed by atoms with E-state index in [0.717, 1.165) is 43.6 Å². The van der Waals surface area contributed by atoms with E-state index in [2.05, 4.69) is 16.9 Å². The Bertz CT molecular complexity index is 1260. The van der Waals surface area contributed by atoms with E-state index < -0.39 is 24.3 Å². The molecule has 5 rings (SSSR count). The maximum atomic E-state index is 13.0. The molecule has 4 heterocycles. The van der Waals surface area contributed by atoms with E-state index in [1.54, 1.807) is 6.20 Å². The van der Waals surface area contributed by atoms with Gasteiger partial charge in [-0.25, -0.2) is 14.6 Å². The molecule has 2 N–H and O–H groups in total. The van der Waals surface area contributed by atoms with Crippen molar-refractivity contribution in [3.05, 3.63) is 59.3 Å². The molecule has 236 valence electrons. The summed E-state index contributed by atoms with van der Waals surface area (Å²) in [6, 6.07) is 11.7. The largest absolute Gasteiger partial charge is 0.490 e. The van der Waals surface area contributed by atoms with E-state index in [-0.39, 0.29) is 11.4 Å². The lowest BCUT2D eigenvalue weighted by Gasteiger charge is -2.58. The highest BCUT2D eigenvalue weighted by atomic mass is 19.4. The Balaban J connectivity index is 0.000000303. The molecule has 1 aromatic heterocycles. The Morgan fingerprint density at radius 2 is 1.60 bits per heavy atom. The second-order valence-electron chi connectivity index (χ2n) is 10.2. The number of aromatic nitrogens is 1. The number of hydrogen-bond acceptors (Lipinski definition) is 7. The number of carboxylic acids is 2. The van der Waals surface area contributed by atoms with Crippen LogP contribution in [0.15, 0.2) is 42.6 Å². The molecule has 2 fully saturated rings. The van der Waals surface area contributed by atoms with Crippen molar-refractivity contribution in [1.82, 2.24) is 14.8 Å². The molecule has 0 bridgehead atoms. The van der Waals surface area contributed by atoms with Crippen molar-refractivity contribution in [3.63, 3.8) is 0 Å². The number of pyridine rings is 1. The summed E-state index contributed by atoms with van der Waals surface area (Å²) in [5.41, 5.74) is 3.20. The van der Waals surface area contributed by atoms with Gasteiger partial charge >= 0.3 is 24.3 Å². The van der Waals surface area contributed by atoms with Gasteiger partial charge in [-0.1, -0.05) is 12.1 Å². The van der Waals surface area contributed by atoms with Crippen molar-refractivity contribution in [3.8, 4) is 5.88 Å². The number of carbonyl (C=O) groups is 3. The maximum absolute atomic E-state index is 13.0. The Morgan fingerprint density at radius 3 is 2.16 bits per heavy atom. The summed E-state index contributed by atoms with van der Waals surface area (Å²) in [5, 5.41) is 14.2. The van der Waals surface area contributed by atoms with Crippen LogP contribution < -0.4 is 4.74 Å². The van der Waals surface area contributed by atoms with Gasteiger partial charge in [-0.05, 0) is 61.7 Å². The standard InChI is InChI=1S/C23H27N3O3.2C2HF3O2/c1-25-9-7-17(12-29-21-4-2-3-8-24-21)11-23(25)15-26(16-23)22(27)18-5-6-19-13-28-14-20(19)10-18;2*3-2(4,5)1(6)7/h2-6,8,10,17H,7,9,11-16H2,1H3;2*(H,6,7). The number of likely N-dealkylation sites (N-methyl/N-ethyl adjacent to an activating group) is 1. The van der Waals surface area contributed by atoms with Crippen LogP contribution in [0.1, 0.15) is 34.3 Å². The number of aliphatic carboxylic acids is 2. The van der Waals surface area contributed by atoms with Crippen LogP contribution in [-0.2, 0) is 27.5 Å². The van der Waals surface area contributed by atoms with Crippen LogP contribution in [0.3, 0.4) is 0 Å². The lowest BCUT2D eigenvalue weighted by Crippen LogP contribution is -2.72. The first-order valence-corrected chi connectivity index (χ1v) is 12.9. The molecule has 43 heavy (non-hydrogen) atoms. The molecule has 1 unspecified atom stereocenters. The molecule has 10 nitrogen and oxygen atoms in total. The second kappa shape index (κ2) is 13.6. The number of benzene rings is 1. The van der Waals surface area contributed by atoms with Crippen LogP contribution in [0.25, 0.3) is 0 Å². The molecule has 1 amide bonds. The van der Waals surface area contributed by atoms with Gasteiger partial charge in [-0.15, -0.1) is 0 Å². The van der Waals surface area contributed by atoms with Crippen LogP contribution in [0.2, 0.25) is 0 Å². The quantitative estimate of drug-likeness (QED) is 0.487. The third-order valence-electron chi connectivity index (χ3n) is 7.17. The molecule has 0 radical (unpaired) electrons. The van der Waals surface area contributed by atoms with Crippen LogP contribution >= 0.6 is 0 Å². The number of carbonyl (C=O) groups excluding carboxylic acids is 1. The molecule has 2 aromatic rings. The average Bonchev–Trinajstić information content (AvgIpc) is 3.39. The number of amides is 1. The average molecular weight is 622 g/mol. The van der Waals surface area contributed by atoms with Crippen LogP contribution in [0.5, 0.6) is 5.88 Å². The number of nitrogens with zero attached hydrogens (tertiary/aromatic N) is 3. The molecular weight excluding hydrogens is 592 g/mol. The Labute approximate surface area is 241 Å². The first-order chi connectivity index (χ1) is 20.0. The summed E-state index contributed by atoms with van der Waals surface area (Å²) in [5.74, 6) is -4.21. The van der Waals surface area contributed by atoms with E-state index in [4.69, 9.17) is 29.3 Å². The van der Waals surface area contributed by atoms with E-state index in [0.29, 0.717) is 31.6 Å². The third kappa shape index (κ3) is 9.03. The molecule has 0 saturated carbocycles. The number of alkyl halides is 6. The summed E-state index contributed by atoms with van der Waals surface area (Å²) >= 11 is 0. The number of hydrogen-bond donors (Lipinski definition) is 2. The predicted molar refractivity (Wildman–Crippen MR) is 136 cm³/mol. The van der Waals surface area contributed by atoms with Gasteiger partial charge in [-0.3, -0.25) is 9.69 Å². The fraction of sp³-hybridized carbons (Fsp3) is 0.481. The summed E-state index contributed by atoms with van der Waals surface area (Å²) in [6.45, 7) is 4.57. The fourth-order valence-corrected chi connectivity index (χ4v) is 4.85. The number of ether oxygens (including phenoxy) is 2. The maximum Gasteiger partial charge on any atom is 0.490 e. The Morgan fingerprint density at radius 1 is 1.00 bits per heavy atom. The highest BCUT2D eigenvalue weighted by molar-refractivity contribution is 5.95. The normalized spacial score (nSPS) is 19.1. The fourth-order valence-electron chi connectivity index (χ4n) is 4.85. The van der Waals surface area contributed by atoms with Crippen molar-refractivity contribution < 1.29 is 60.4 Å². The Hall–Kier alpha value is -3.92. The van der Waals surface area contributed by atoms with Crippen LogP contribution in [0.4, 0.5) is 26.3 Å². The van der Waals surface area contributed by atoms with Crippen molar-refractivity contribution >= 4 is 17.8 Å². The number of fused-ring (bicyclic) bond motifs is 1. The van der Waals surface area contributed by atoms with Crippen molar-refractivity contribution in [2.24, 2.45) is 5.92 Å². The van der Waals surface area contributed by atoms with E-state index in [9.17, 15) is 31.1 Å². The van der Waals surface area contributed by atoms with E-state index in [1.807, 2.05) is 41.3 Å². The molecule has 1 atom stereocenters. The Kier molecular flexibility index (Phi) is 10.6. The molecular formula is C27H29F6N3O7. The zero-order valence-corrected chi connectivity index (χ0v) is 22.8. The minimum Gasteiger partial charge on any atom is -0.477 e. The van der Waals surface area contributed by atoms with Crippen molar-refractivity contribution in [2.75, 3.05) is 33.3 Å². The van der Waals surface area contributed by atoms with Gasteiger partial charge in [0.05, 0.1) is 25.4 Å². The van der Waals surface area contributed by atoms with Gasteiger partial charge < -0.3 is 24.6 Å². The smallest absolute Gasteiger partial charge is 0.477 e. The molecule has 0 aliphatic carbocycles. The molecule has 3 aliphatic heterocycles. The number of rotatable bonds is 4. The summed E-state index contributed by atoms with van der Waals surface area (Å²) in [6.07, 6.45) is -6.24. The van der Waals surface area contributed by atoms with E-state index >= 15 is 0 Å². The number of likely N-dealkylation sites (tertiary alicyclic amines) is 2. The molecule has 2 saturated heterocycles. The lowest BCUT2D eigenvalue weighted by molar-refractivity contribution is -0.193. The zero-order valence-electron chi connectivity index (χ0n) is 22.8. The van der Waals surface area contributed by atoms with Crippen molar-refractivity contribution in [2.45, 2.75) is 43.9 Å². The summed E-state index contributed by atoms with van der Waals surface area (Å²) in [4.78, 5) is 39.4. The molecule has 3 aliphatic rings. The number of carboxylic acid groups (broad SMARTS) is 2. The third-order valence-corrected chi connectivity index (χ3v) is 7.17. The highest BCUT2D eigenvalue weighted by Gasteiger charge is 2.51. The minimum absolute atomic E-state index is 0.0753. The molecule has 16 heteroatoms. The van der Waals surface area contributed by atoms with Crippen LogP contribution in [-0.4, -0.2) is 94.0 Å². The molecule has 1 aromatic carbocycles. The lowest BCUT2D eigenvalue weighted by atomic mass is 9.75. The topological polar surface area (TPSA) is 130 Å². The second-order valence-corrected chi connectivity index (χ2v) is 10.2. The predicted octanol–water partition coefficient (Wildman–Crippen LogP) is 3.99. The van der Waals surface area contributed by atoms with E-state index in [1.165, 1.54) is 5.56 Å². The highest BCUT2D eigenvalue weighted by Crippen LogP contribution is 2.39. The first-order valence-electron chi connectivity index (χ1n) is 12.9. The van der Waals surface area contributed by atoms with Gasteiger partial charge in [0.1, 0.15) is 0 Å². The summed E-state index contributed by atoms with van der Waals surface area (Å²) in [7, 11) is 2.18. The van der Waals surface area contributed by atoms with Gasteiger partial charge in [0.2, 0.25) is 5.88 Å². The summed E-state index contributed by atoms with van der Waals surface area (Å²) < 4.78 is 74.9. The monoisotopic (exact) mass is 621 g/mol. The van der Waals surface area contributed by atoms with Crippen molar-refractivity contribution in [1.29, 1.82) is 0 Å². The van der Waals surface area contributed by atoms with Gasteiger partial charge in [0.25, 0.3) is 5.91 Å². The zero-order chi connectivity index (χ0) is 32.0. The van der Waals surface area contributed by atoms with Gasteiger partial charge in [0, 0.05) is 30.9 Å². The molecule has 1 spiro atoms. The van der Waals surface area contributed by atoms with Gasteiger partial charge in [-0.2, -0.15) is 26.3 Å². The SMILES string of the molecule is CN1CCC(COc2ccccn2)CC12CN(C(=O)c1ccc3c(c1)COC3)C2.O=C(O)C(F)(F)F.O=C(O)C(F)(F)F. The minimum atomic E-state index is -5.08. The number of piperidine rings is 1. The number of halogens is 6. The van der Waals surface area contributed by atoms with Crippen LogP contribution in [0, 0.1) is 5.92 Å². The first kappa shape index (κ1) is 33.6. The van der Waals surface area contributed by atoms with Gasteiger partial charge in [0.15, 0.2) is 0 Å².